The van der Waals surface area contributed by atoms with Crippen molar-refractivity contribution in [2.75, 3.05) is 13.7 Å². The maximum atomic E-state index is 10.4. The molecule has 0 atom stereocenters. The molecule has 0 spiro atoms. The molecular formula is C17H25NO3. The number of benzene rings is 1. The Morgan fingerprint density at radius 3 is 2.71 bits per heavy atom. The smallest absolute Gasteiger partial charge is 0.124 e. The van der Waals surface area contributed by atoms with Gasteiger partial charge in [0.1, 0.15) is 18.1 Å². The van der Waals surface area contributed by atoms with Crippen molar-refractivity contribution in [2.45, 2.75) is 56.7 Å². The van der Waals surface area contributed by atoms with Crippen molar-refractivity contribution in [3.63, 3.8) is 0 Å². The van der Waals surface area contributed by atoms with Gasteiger partial charge in [0.25, 0.3) is 0 Å². The molecule has 116 valence electrons. The minimum Gasteiger partial charge on any atom is -0.497 e. The minimum absolute atomic E-state index is 0.385. The van der Waals surface area contributed by atoms with Crippen molar-refractivity contribution in [1.82, 2.24) is 5.32 Å². The number of hydrogen-bond acceptors (Lipinski definition) is 4. The molecule has 2 N–H and O–H groups in total. The molecule has 2 aliphatic rings. The Morgan fingerprint density at radius 1 is 1.29 bits per heavy atom. The molecule has 2 aliphatic carbocycles. The molecule has 3 rings (SSSR count). The summed E-state index contributed by atoms with van der Waals surface area (Å²) in [5, 5.41) is 13.9. The van der Waals surface area contributed by atoms with E-state index in [0.717, 1.165) is 49.3 Å². The first-order chi connectivity index (χ1) is 10.2. The van der Waals surface area contributed by atoms with Gasteiger partial charge in [-0.25, -0.2) is 0 Å². The van der Waals surface area contributed by atoms with Crippen molar-refractivity contribution in [2.24, 2.45) is 0 Å². The Hall–Kier alpha value is -1.26. The van der Waals surface area contributed by atoms with Crippen molar-refractivity contribution in [3.8, 4) is 11.5 Å². The summed E-state index contributed by atoms with van der Waals surface area (Å²) in [6.45, 7) is 1.17. The predicted molar refractivity (Wildman–Crippen MR) is 81.8 cm³/mol. The van der Waals surface area contributed by atoms with E-state index in [1.165, 1.54) is 12.8 Å². The van der Waals surface area contributed by atoms with E-state index in [1.807, 2.05) is 18.2 Å². The zero-order valence-electron chi connectivity index (χ0n) is 12.7. The summed E-state index contributed by atoms with van der Waals surface area (Å²) in [6.07, 6.45) is 6.41. The lowest BCUT2D eigenvalue weighted by molar-refractivity contribution is 0.00110. The summed E-state index contributed by atoms with van der Waals surface area (Å²) in [4.78, 5) is 0. The second-order valence-corrected chi connectivity index (χ2v) is 6.35. The van der Waals surface area contributed by atoms with Gasteiger partial charge in [-0.15, -0.1) is 0 Å². The average molecular weight is 291 g/mol. The van der Waals surface area contributed by atoms with Crippen LogP contribution in [-0.2, 0) is 6.54 Å². The topological polar surface area (TPSA) is 50.7 Å². The first-order valence-electron chi connectivity index (χ1n) is 7.94. The highest BCUT2D eigenvalue weighted by Crippen LogP contribution is 2.32. The monoisotopic (exact) mass is 291 g/mol. The van der Waals surface area contributed by atoms with Gasteiger partial charge in [0, 0.05) is 18.2 Å². The predicted octanol–water partition coefficient (Wildman–Crippen LogP) is 2.63. The zero-order chi connectivity index (χ0) is 14.7. The van der Waals surface area contributed by atoms with Gasteiger partial charge in [0.15, 0.2) is 0 Å². The van der Waals surface area contributed by atoms with Crippen LogP contribution < -0.4 is 14.8 Å². The van der Waals surface area contributed by atoms with E-state index < -0.39 is 5.60 Å². The third-order valence-corrected chi connectivity index (χ3v) is 4.46. The summed E-state index contributed by atoms with van der Waals surface area (Å²) in [5.41, 5.74) is 0.462. The van der Waals surface area contributed by atoms with Gasteiger partial charge in [-0.3, -0.25) is 0 Å². The van der Waals surface area contributed by atoms with Crippen molar-refractivity contribution >= 4 is 0 Å². The number of methoxy groups -OCH3 is 1. The van der Waals surface area contributed by atoms with Crippen molar-refractivity contribution < 1.29 is 14.6 Å². The van der Waals surface area contributed by atoms with E-state index in [0.29, 0.717) is 12.6 Å². The van der Waals surface area contributed by atoms with E-state index in [9.17, 15) is 5.11 Å². The van der Waals surface area contributed by atoms with Crippen molar-refractivity contribution in [1.29, 1.82) is 0 Å². The van der Waals surface area contributed by atoms with E-state index >= 15 is 0 Å². The van der Waals surface area contributed by atoms with Crippen LogP contribution in [0.15, 0.2) is 18.2 Å². The van der Waals surface area contributed by atoms with E-state index in [1.54, 1.807) is 7.11 Å². The fraction of sp³-hybridized carbons (Fsp3) is 0.647. The fourth-order valence-corrected chi connectivity index (χ4v) is 2.89. The van der Waals surface area contributed by atoms with Gasteiger partial charge in [-0.2, -0.15) is 0 Å². The van der Waals surface area contributed by atoms with Gasteiger partial charge in [0.05, 0.1) is 12.7 Å². The number of rotatable bonds is 7. The van der Waals surface area contributed by atoms with Crippen LogP contribution in [0, 0.1) is 0 Å². The molecule has 0 bridgehead atoms. The maximum absolute atomic E-state index is 10.4. The molecule has 2 saturated carbocycles. The Balaban J connectivity index is 1.66. The molecule has 1 aromatic rings. The van der Waals surface area contributed by atoms with E-state index in [4.69, 9.17) is 9.47 Å². The normalized spacial score (nSPS) is 20.5. The Bertz CT molecular complexity index is 479. The highest BCUT2D eigenvalue weighted by molar-refractivity contribution is 5.40. The van der Waals surface area contributed by atoms with E-state index in [-0.39, 0.29) is 0 Å². The summed E-state index contributed by atoms with van der Waals surface area (Å²) in [6, 6.07) is 6.53. The molecule has 4 heteroatoms. The lowest BCUT2D eigenvalue weighted by Crippen LogP contribution is -2.32. The third kappa shape index (κ3) is 3.89. The quantitative estimate of drug-likeness (QED) is 0.811. The second-order valence-electron chi connectivity index (χ2n) is 6.35. The van der Waals surface area contributed by atoms with Crippen LogP contribution in [-0.4, -0.2) is 30.5 Å². The van der Waals surface area contributed by atoms with Gasteiger partial charge in [0.2, 0.25) is 0 Å². The highest BCUT2D eigenvalue weighted by Gasteiger charge is 2.32. The molecule has 4 nitrogen and oxygen atoms in total. The van der Waals surface area contributed by atoms with Gasteiger partial charge in [-0.1, -0.05) is 12.8 Å². The average Bonchev–Trinajstić information content (AvgIpc) is 3.24. The molecular weight excluding hydrogens is 266 g/mol. The molecule has 0 aliphatic heterocycles. The lowest BCUT2D eigenvalue weighted by Gasteiger charge is -2.23. The molecule has 0 amide bonds. The number of aliphatic hydroxyl groups is 1. The molecule has 2 fully saturated rings. The molecule has 0 radical (unpaired) electrons. The Kier molecular flexibility index (Phi) is 4.36. The van der Waals surface area contributed by atoms with Crippen LogP contribution in [0.1, 0.15) is 44.1 Å². The summed E-state index contributed by atoms with van der Waals surface area (Å²) in [7, 11) is 1.68. The van der Waals surface area contributed by atoms with Gasteiger partial charge >= 0.3 is 0 Å². The number of ether oxygens (including phenoxy) is 2. The molecule has 0 aromatic heterocycles. The minimum atomic E-state index is -0.638. The standard InChI is InChI=1S/C17H25NO3/c1-20-15-6-7-16(13(10-15)11-18-14-4-5-14)21-12-17(19)8-2-3-9-17/h6-7,10,14,18-19H,2-5,8-9,11-12H2,1H3. The van der Waals surface area contributed by atoms with Crippen LogP contribution in [0.5, 0.6) is 11.5 Å². The first-order valence-corrected chi connectivity index (χ1v) is 7.94. The Morgan fingerprint density at radius 2 is 2.05 bits per heavy atom. The number of nitrogens with one attached hydrogen (secondary N) is 1. The molecule has 0 unspecified atom stereocenters. The molecule has 0 saturated heterocycles. The Labute approximate surface area is 126 Å². The fourth-order valence-electron chi connectivity index (χ4n) is 2.89. The maximum Gasteiger partial charge on any atom is 0.124 e. The van der Waals surface area contributed by atoms with Crippen LogP contribution >= 0.6 is 0 Å². The molecule has 0 heterocycles. The summed E-state index contributed by atoms with van der Waals surface area (Å²) in [5.74, 6) is 1.69. The van der Waals surface area contributed by atoms with Crippen LogP contribution in [0.2, 0.25) is 0 Å². The molecule has 1 aromatic carbocycles. The molecule has 21 heavy (non-hydrogen) atoms. The second kappa shape index (κ2) is 6.24. The number of hydrogen-bond donors (Lipinski definition) is 2. The SMILES string of the molecule is COc1ccc(OCC2(O)CCCC2)c(CNC2CC2)c1. The largest absolute Gasteiger partial charge is 0.497 e. The van der Waals surface area contributed by atoms with Crippen LogP contribution in [0.3, 0.4) is 0 Å². The van der Waals surface area contributed by atoms with Crippen molar-refractivity contribution in [3.05, 3.63) is 23.8 Å². The summed E-state index contributed by atoms with van der Waals surface area (Å²) < 4.78 is 11.2. The van der Waals surface area contributed by atoms with Crippen LogP contribution in [0.25, 0.3) is 0 Å². The van der Waals surface area contributed by atoms with Gasteiger partial charge < -0.3 is 19.9 Å². The zero-order valence-corrected chi connectivity index (χ0v) is 12.7. The first kappa shape index (κ1) is 14.7. The van der Waals surface area contributed by atoms with Gasteiger partial charge in [-0.05, 0) is 43.9 Å². The van der Waals surface area contributed by atoms with Crippen LogP contribution in [0.4, 0.5) is 0 Å². The van der Waals surface area contributed by atoms with E-state index in [2.05, 4.69) is 5.32 Å². The summed E-state index contributed by atoms with van der Waals surface area (Å²) >= 11 is 0. The third-order valence-electron chi connectivity index (χ3n) is 4.46. The lowest BCUT2D eigenvalue weighted by atomic mass is 10.0. The highest BCUT2D eigenvalue weighted by atomic mass is 16.5.